The molecular formula is C24H39N5O5S. The van der Waals surface area contributed by atoms with Gasteiger partial charge in [0.15, 0.2) is 0 Å². The van der Waals surface area contributed by atoms with Gasteiger partial charge in [-0.3, -0.25) is 14.4 Å². The molecule has 196 valence electrons. The fourth-order valence-corrected chi connectivity index (χ4v) is 3.58. The monoisotopic (exact) mass is 509 g/mol. The van der Waals surface area contributed by atoms with Crippen LogP contribution in [0.5, 0.6) is 0 Å². The average molecular weight is 510 g/mol. The second-order valence-corrected chi connectivity index (χ2v) is 9.28. The smallest absolute Gasteiger partial charge is 0.326 e. The van der Waals surface area contributed by atoms with E-state index < -0.39 is 47.9 Å². The van der Waals surface area contributed by atoms with E-state index in [2.05, 4.69) is 28.6 Å². The van der Waals surface area contributed by atoms with Crippen LogP contribution < -0.4 is 27.4 Å². The van der Waals surface area contributed by atoms with Crippen LogP contribution >= 0.6 is 12.6 Å². The molecule has 4 unspecified atom stereocenters. The summed E-state index contributed by atoms with van der Waals surface area (Å²) in [6.45, 7) is 4.22. The number of carboxylic acids is 1. The van der Waals surface area contributed by atoms with Crippen molar-refractivity contribution >= 4 is 36.3 Å². The normalized spacial score (nSPS) is 14.5. The molecule has 0 saturated heterocycles. The van der Waals surface area contributed by atoms with Crippen LogP contribution in [0.4, 0.5) is 0 Å². The number of thiol groups is 1. The van der Waals surface area contributed by atoms with Crippen LogP contribution in [0.1, 0.15) is 45.1 Å². The summed E-state index contributed by atoms with van der Waals surface area (Å²) in [7, 11) is 0. The summed E-state index contributed by atoms with van der Waals surface area (Å²) in [4.78, 5) is 50.3. The van der Waals surface area contributed by atoms with Crippen LogP contribution in [0.3, 0.4) is 0 Å². The Labute approximate surface area is 212 Å². The fraction of sp³-hybridized carbons (Fsp3) is 0.583. The number of carboxylic acid groups (broad SMARTS) is 1. The second kappa shape index (κ2) is 16.1. The van der Waals surface area contributed by atoms with E-state index >= 15 is 0 Å². The predicted octanol–water partition coefficient (Wildman–Crippen LogP) is 0.200. The van der Waals surface area contributed by atoms with Gasteiger partial charge in [0.25, 0.3) is 0 Å². The highest BCUT2D eigenvalue weighted by molar-refractivity contribution is 7.80. The molecule has 1 rings (SSSR count). The Morgan fingerprint density at radius 2 is 1.49 bits per heavy atom. The van der Waals surface area contributed by atoms with Crippen LogP contribution in [-0.2, 0) is 25.6 Å². The summed E-state index contributed by atoms with van der Waals surface area (Å²) < 4.78 is 0. The number of aliphatic carboxylic acids is 1. The van der Waals surface area contributed by atoms with Gasteiger partial charge in [-0.2, -0.15) is 12.6 Å². The van der Waals surface area contributed by atoms with Crippen molar-refractivity contribution in [3.8, 4) is 0 Å². The summed E-state index contributed by atoms with van der Waals surface area (Å²) >= 11 is 4.02. The third kappa shape index (κ3) is 11.6. The van der Waals surface area contributed by atoms with Crippen molar-refractivity contribution in [1.29, 1.82) is 0 Å². The first-order chi connectivity index (χ1) is 16.6. The van der Waals surface area contributed by atoms with Crippen molar-refractivity contribution in [1.82, 2.24) is 16.0 Å². The summed E-state index contributed by atoms with van der Waals surface area (Å²) in [6, 6.07) is 5.10. The number of hydrogen-bond donors (Lipinski definition) is 7. The third-order valence-electron chi connectivity index (χ3n) is 5.35. The first kappa shape index (κ1) is 30.4. The highest BCUT2D eigenvalue weighted by Crippen LogP contribution is 2.09. The molecule has 0 radical (unpaired) electrons. The number of carbonyl (C=O) groups excluding carboxylic acids is 3. The van der Waals surface area contributed by atoms with Crippen molar-refractivity contribution in [2.45, 2.75) is 70.1 Å². The maximum absolute atomic E-state index is 13.2. The number of benzene rings is 1. The van der Waals surface area contributed by atoms with Gasteiger partial charge in [-0.1, -0.05) is 44.2 Å². The lowest BCUT2D eigenvalue weighted by atomic mass is 10.0. The molecule has 4 atom stereocenters. The summed E-state index contributed by atoms with van der Waals surface area (Å²) in [5, 5.41) is 17.4. The summed E-state index contributed by atoms with van der Waals surface area (Å²) in [6.07, 6.45) is 1.86. The van der Waals surface area contributed by atoms with Crippen LogP contribution in [0.2, 0.25) is 0 Å². The highest BCUT2D eigenvalue weighted by Gasteiger charge is 2.30. The molecule has 0 aromatic heterocycles. The van der Waals surface area contributed by atoms with Gasteiger partial charge in [0.2, 0.25) is 17.7 Å². The van der Waals surface area contributed by atoms with Crippen LogP contribution in [0, 0.1) is 5.92 Å². The first-order valence-corrected chi connectivity index (χ1v) is 12.5. The molecule has 0 spiro atoms. The van der Waals surface area contributed by atoms with E-state index in [9.17, 15) is 24.3 Å². The molecule has 0 aliphatic carbocycles. The zero-order valence-electron chi connectivity index (χ0n) is 20.4. The number of nitrogens with two attached hydrogens (primary N) is 2. The minimum absolute atomic E-state index is 0.0682. The van der Waals surface area contributed by atoms with Gasteiger partial charge in [0.1, 0.15) is 18.1 Å². The van der Waals surface area contributed by atoms with Crippen LogP contribution in [-0.4, -0.2) is 65.3 Å². The van der Waals surface area contributed by atoms with Crippen LogP contribution in [0.15, 0.2) is 30.3 Å². The quantitative estimate of drug-likeness (QED) is 0.123. The molecule has 35 heavy (non-hydrogen) atoms. The molecule has 0 saturated carbocycles. The molecule has 0 aliphatic heterocycles. The van der Waals surface area contributed by atoms with Gasteiger partial charge in [-0.25, -0.2) is 4.79 Å². The first-order valence-electron chi connectivity index (χ1n) is 11.8. The summed E-state index contributed by atoms with van der Waals surface area (Å²) in [5.41, 5.74) is 12.0. The molecule has 0 aliphatic rings. The number of rotatable bonds is 16. The lowest BCUT2D eigenvalue weighted by Gasteiger charge is -2.26. The summed E-state index contributed by atoms with van der Waals surface area (Å²) in [5.74, 6) is -2.67. The Balaban J connectivity index is 3.08. The van der Waals surface area contributed by atoms with E-state index in [1.165, 1.54) is 0 Å². The molecule has 11 heteroatoms. The fourth-order valence-electron chi connectivity index (χ4n) is 3.42. The van der Waals surface area contributed by atoms with Crippen LogP contribution in [0.25, 0.3) is 0 Å². The second-order valence-electron chi connectivity index (χ2n) is 8.91. The lowest BCUT2D eigenvalue weighted by molar-refractivity contribution is -0.142. The Kier molecular flexibility index (Phi) is 14.0. The number of unbranched alkanes of at least 4 members (excludes halogenated alkanes) is 1. The Morgan fingerprint density at radius 1 is 0.914 bits per heavy atom. The number of carbonyl (C=O) groups is 4. The number of amides is 3. The van der Waals surface area contributed by atoms with Gasteiger partial charge in [0.05, 0.1) is 6.04 Å². The SMILES string of the molecule is CC(C)CC(NC(=O)C(N)CS)C(=O)NC(Cc1ccccc1)C(=O)NC(CCCCN)C(=O)O. The number of nitrogens with one attached hydrogen (secondary N) is 3. The topological polar surface area (TPSA) is 177 Å². The van der Waals surface area contributed by atoms with Gasteiger partial charge in [0, 0.05) is 12.2 Å². The van der Waals surface area contributed by atoms with E-state index in [-0.39, 0.29) is 24.5 Å². The van der Waals surface area contributed by atoms with Gasteiger partial charge in [-0.15, -0.1) is 0 Å². The zero-order valence-corrected chi connectivity index (χ0v) is 21.3. The Hall–Kier alpha value is -2.63. The number of hydrogen-bond acceptors (Lipinski definition) is 7. The van der Waals surface area contributed by atoms with Crippen molar-refractivity contribution in [2.75, 3.05) is 12.3 Å². The standard InChI is InChI=1S/C24H39N5O5S/c1-15(2)12-19(28-21(30)17(26)14-35)22(31)29-20(13-16-8-4-3-5-9-16)23(32)27-18(24(33)34)10-6-7-11-25/h3-5,8-9,15,17-20,35H,6-7,10-14,25-26H2,1-2H3,(H,27,32)(H,28,30)(H,29,31)(H,33,34). The molecule has 8 N–H and O–H groups in total. The van der Waals surface area contributed by atoms with Crippen molar-refractivity contribution in [3.63, 3.8) is 0 Å². The van der Waals surface area contributed by atoms with E-state index in [1.54, 1.807) is 24.3 Å². The van der Waals surface area contributed by atoms with E-state index in [1.807, 2.05) is 19.9 Å². The van der Waals surface area contributed by atoms with E-state index in [0.717, 1.165) is 5.56 Å². The largest absolute Gasteiger partial charge is 0.480 e. The molecule has 0 bridgehead atoms. The van der Waals surface area contributed by atoms with E-state index in [0.29, 0.717) is 25.8 Å². The molecular weight excluding hydrogens is 470 g/mol. The molecule has 10 nitrogen and oxygen atoms in total. The molecule has 3 amide bonds. The highest BCUT2D eigenvalue weighted by atomic mass is 32.1. The minimum atomic E-state index is -1.16. The van der Waals surface area contributed by atoms with Crippen molar-refractivity contribution < 1.29 is 24.3 Å². The minimum Gasteiger partial charge on any atom is -0.480 e. The maximum atomic E-state index is 13.2. The van der Waals surface area contributed by atoms with Crippen molar-refractivity contribution in [3.05, 3.63) is 35.9 Å². The van der Waals surface area contributed by atoms with E-state index in [4.69, 9.17) is 11.5 Å². The maximum Gasteiger partial charge on any atom is 0.326 e. The van der Waals surface area contributed by atoms with Gasteiger partial charge in [-0.05, 0) is 43.7 Å². The Bertz CT molecular complexity index is 824. The molecule has 1 aromatic rings. The third-order valence-corrected chi connectivity index (χ3v) is 5.74. The lowest BCUT2D eigenvalue weighted by Crippen LogP contribution is -2.58. The zero-order chi connectivity index (χ0) is 26.4. The average Bonchev–Trinajstić information content (AvgIpc) is 2.82. The molecule has 0 heterocycles. The van der Waals surface area contributed by atoms with Crippen molar-refractivity contribution in [2.24, 2.45) is 17.4 Å². The Morgan fingerprint density at radius 3 is 2.03 bits per heavy atom. The molecule has 1 aromatic carbocycles. The molecule has 0 fully saturated rings. The van der Waals surface area contributed by atoms with Gasteiger partial charge < -0.3 is 32.5 Å². The predicted molar refractivity (Wildman–Crippen MR) is 138 cm³/mol. The van der Waals surface area contributed by atoms with Gasteiger partial charge >= 0.3 is 5.97 Å².